The van der Waals surface area contributed by atoms with Gasteiger partial charge in [-0.15, -0.1) is 0 Å². The molecule has 8 heavy (non-hydrogen) atoms. The number of aliphatic hydroxyl groups excluding tert-OH is 1. The number of hydrogen-bond acceptors (Lipinski definition) is 2. The van der Waals surface area contributed by atoms with Gasteiger partial charge in [0.2, 0.25) is 6.29 Å². The molecule has 0 aromatic rings. The summed E-state index contributed by atoms with van der Waals surface area (Å²) in [6.07, 6.45) is 4.31. The molecule has 44 valence electrons. The fraction of sp³-hybridized carbons (Fsp3) is 0.333. The van der Waals surface area contributed by atoms with Gasteiger partial charge in [-0.05, 0) is 18.6 Å². The van der Waals surface area contributed by atoms with Crippen LogP contribution in [0.15, 0.2) is 24.0 Å². The summed E-state index contributed by atoms with van der Waals surface area (Å²) in [6.45, 7) is 1.81. The van der Waals surface area contributed by atoms with Gasteiger partial charge in [0.15, 0.2) is 0 Å². The highest BCUT2D eigenvalue weighted by molar-refractivity contribution is 5.14. The molecule has 2 heteroatoms. The van der Waals surface area contributed by atoms with Crippen molar-refractivity contribution in [3.63, 3.8) is 0 Å². The number of allylic oxidation sites excluding steroid dienone is 2. The summed E-state index contributed by atoms with van der Waals surface area (Å²) in [4.78, 5) is 0. The van der Waals surface area contributed by atoms with Crippen molar-refractivity contribution < 1.29 is 9.84 Å². The maximum Gasteiger partial charge on any atom is 0.219 e. The first-order chi connectivity index (χ1) is 3.80. The van der Waals surface area contributed by atoms with Crippen LogP contribution in [0.3, 0.4) is 0 Å². The van der Waals surface area contributed by atoms with Crippen LogP contribution in [-0.2, 0) is 4.74 Å². The average molecular weight is 112 g/mol. The Bertz CT molecular complexity index is 135. The summed E-state index contributed by atoms with van der Waals surface area (Å²) < 4.78 is 4.70. The topological polar surface area (TPSA) is 29.5 Å². The molecule has 2 nitrogen and oxygen atoms in total. The number of ether oxygens (including phenoxy) is 1. The van der Waals surface area contributed by atoms with Gasteiger partial charge in [0.05, 0.1) is 6.26 Å². The molecule has 1 N–H and O–H groups in total. The van der Waals surface area contributed by atoms with E-state index >= 15 is 0 Å². The molecule has 0 spiro atoms. The Morgan fingerprint density at radius 2 is 2.50 bits per heavy atom. The first-order valence-corrected chi connectivity index (χ1v) is 2.47. The van der Waals surface area contributed by atoms with Crippen LogP contribution in [0.4, 0.5) is 0 Å². The van der Waals surface area contributed by atoms with E-state index in [-0.39, 0.29) is 0 Å². The van der Waals surface area contributed by atoms with Crippen LogP contribution >= 0.6 is 0 Å². The molecule has 0 aliphatic carbocycles. The molecule has 1 aliphatic heterocycles. The number of rotatable bonds is 0. The monoisotopic (exact) mass is 112 g/mol. The fourth-order valence-electron chi connectivity index (χ4n) is 0.500. The van der Waals surface area contributed by atoms with Crippen LogP contribution in [-0.4, -0.2) is 11.4 Å². The molecule has 1 unspecified atom stereocenters. The van der Waals surface area contributed by atoms with Gasteiger partial charge in [-0.2, -0.15) is 0 Å². The maximum atomic E-state index is 8.84. The van der Waals surface area contributed by atoms with Crippen molar-refractivity contribution in [1.82, 2.24) is 0 Å². The van der Waals surface area contributed by atoms with Crippen molar-refractivity contribution >= 4 is 0 Å². The first-order valence-electron chi connectivity index (χ1n) is 2.47. The molecule has 0 bridgehead atoms. The lowest BCUT2D eigenvalue weighted by Crippen LogP contribution is -2.11. The maximum absolute atomic E-state index is 8.84. The molecule has 0 fully saturated rings. The Kier molecular flexibility index (Phi) is 1.35. The quantitative estimate of drug-likeness (QED) is 0.502. The van der Waals surface area contributed by atoms with Crippen molar-refractivity contribution in [2.75, 3.05) is 0 Å². The predicted molar refractivity (Wildman–Crippen MR) is 30.0 cm³/mol. The van der Waals surface area contributed by atoms with Crippen molar-refractivity contribution in [2.45, 2.75) is 13.2 Å². The van der Waals surface area contributed by atoms with Crippen LogP contribution in [0.1, 0.15) is 6.92 Å². The van der Waals surface area contributed by atoms with E-state index in [9.17, 15) is 0 Å². The van der Waals surface area contributed by atoms with E-state index in [0.29, 0.717) is 0 Å². The summed E-state index contributed by atoms with van der Waals surface area (Å²) in [7, 11) is 0. The molecule has 0 saturated carbocycles. The van der Waals surface area contributed by atoms with E-state index < -0.39 is 6.29 Å². The minimum atomic E-state index is -0.722. The molecular weight excluding hydrogens is 104 g/mol. The molecule has 1 heterocycles. The van der Waals surface area contributed by atoms with Crippen LogP contribution in [0.2, 0.25) is 0 Å². The molecule has 0 amide bonds. The summed E-state index contributed by atoms with van der Waals surface area (Å²) in [5, 5.41) is 8.84. The van der Waals surface area contributed by atoms with E-state index in [1.54, 1.807) is 6.08 Å². The average Bonchev–Trinajstić information content (AvgIpc) is 1.77. The Morgan fingerprint density at radius 1 is 1.75 bits per heavy atom. The normalized spacial score (nSPS) is 26.8. The fourth-order valence-corrected chi connectivity index (χ4v) is 0.500. The van der Waals surface area contributed by atoms with Crippen LogP contribution in [0, 0.1) is 0 Å². The van der Waals surface area contributed by atoms with Crippen LogP contribution in [0.5, 0.6) is 0 Å². The second-order valence-corrected chi connectivity index (χ2v) is 1.73. The summed E-state index contributed by atoms with van der Waals surface area (Å²) in [5.74, 6) is 0. The molecule has 1 rings (SSSR count). The van der Waals surface area contributed by atoms with Crippen LogP contribution < -0.4 is 0 Å². The minimum absolute atomic E-state index is 0.722. The second-order valence-electron chi connectivity index (χ2n) is 1.73. The molecule has 0 saturated heterocycles. The smallest absolute Gasteiger partial charge is 0.219 e. The lowest BCUT2D eigenvalue weighted by Gasteiger charge is -2.12. The van der Waals surface area contributed by atoms with E-state index in [4.69, 9.17) is 9.84 Å². The van der Waals surface area contributed by atoms with Crippen LogP contribution in [0.25, 0.3) is 0 Å². The molecule has 0 aromatic carbocycles. The lowest BCUT2D eigenvalue weighted by molar-refractivity contribution is -0.0229. The Morgan fingerprint density at radius 3 is 2.88 bits per heavy atom. The van der Waals surface area contributed by atoms with E-state index in [1.165, 1.54) is 6.26 Å². The number of hydrogen-bond donors (Lipinski definition) is 1. The van der Waals surface area contributed by atoms with Gasteiger partial charge in [0.25, 0.3) is 0 Å². The third-order valence-corrected chi connectivity index (χ3v) is 1.03. The van der Waals surface area contributed by atoms with Gasteiger partial charge in [-0.1, -0.05) is 6.08 Å². The predicted octanol–water partition coefficient (Wildman–Crippen LogP) is 0.795. The molecule has 1 aliphatic rings. The standard InChI is InChI=1S/C6H8O2/c1-5-3-2-4-8-6(5)7/h2-4,6-7H,1H3. The third-order valence-electron chi connectivity index (χ3n) is 1.03. The summed E-state index contributed by atoms with van der Waals surface area (Å²) in [5.41, 5.74) is 0.840. The summed E-state index contributed by atoms with van der Waals surface area (Å²) >= 11 is 0. The molecular formula is C6H8O2. The van der Waals surface area contributed by atoms with Crippen molar-refractivity contribution in [1.29, 1.82) is 0 Å². The zero-order chi connectivity index (χ0) is 5.98. The second kappa shape index (κ2) is 2.01. The van der Waals surface area contributed by atoms with Gasteiger partial charge in [-0.25, -0.2) is 0 Å². The Balaban J connectivity index is 2.66. The molecule has 0 radical (unpaired) electrons. The Labute approximate surface area is 48.1 Å². The minimum Gasteiger partial charge on any atom is -0.469 e. The van der Waals surface area contributed by atoms with Gasteiger partial charge in [0.1, 0.15) is 0 Å². The van der Waals surface area contributed by atoms with Gasteiger partial charge >= 0.3 is 0 Å². The Hall–Kier alpha value is -0.760. The van der Waals surface area contributed by atoms with E-state index in [2.05, 4.69) is 0 Å². The zero-order valence-electron chi connectivity index (χ0n) is 4.66. The highest BCUT2D eigenvalue weighted by atomic mass is 16.6. The van der Waals surface area contributed by atoms with Gasteiger partial charge < -0.3 is 9.84 Å². The first kappa shape index (κ1) is 5.38. The van der Waals surface area contributed by atoms with Crippen molar-refractivity contribution in [3.8, 4) is 0 Å². The van der Waals surface area contributed by atoms with E-state index in [1.807, 2.05) is 13.0 Å². The van der Waals surface area contributed by atoms with Gasteiger partial charge in [0, 0.05) is 0 Å². The van der Waals surface area contributed by atoms with Gasteiger partial charge in [-0.3, -0.25) is 0 Å². The largest absolute Gasteiger partial charge is 0.469 e. The highest BCUT2D eigenvalue weighted by Gasteiger charge is 2.05. The molecule has 1 atom stereocenters. The highest BCUT2D eigenvalue weighted by Crippen LogP contribution is 2.07. The zero-order valence-corrected chi connectivity index (χ0v) is 4.66. The van der Waals surface area contributed by atoms with Crippen molar-refractivity contribution in [2.24, 2.45) is 0 Å². The SMILES string of the molecule is CC1=CC=COC1O. The third kappa shape index (κ3) is 0.898. The lowest BCUT2D eigenvalue weighted by atomic mass is 10.2. The van der Waals surface area contributed by atoms with Crippen molar-refractivity contribution in [3.05, 3.63) is 24.0 Å². The number of aliphatic hydroxyl groups is 1. The van der Waals surface area contributed by atoms with E-state index in [0.717, 1.165) is 5.57 Å². The molecule has 0 aromatic heterocycles. The summed E-state index contributed by atoms with van der Waals surface area (Å²) in [6, 6.07) is 0.